The fourth-order valence-corrected chi connectivity index (χ4v) is 1.88. The first-order valence-electron chi connectivity index (χ1n) is 4.47. The van der Waals surface area contributed by atoms with Crippen molar-refractivity contribution in [1.82, 2.24) is 10.2 Å². The number of hydrogen-bond donors (Lipinski definition) is 1. The summed E-state index contributed by atoms with van der Waals surface area (Å²) in [6.07, 6.45) is 2.31. The Kier molecular flexibility index (Phi) is 2.46. The summed E-state index contributed by atoms with van der Waals surface area (Å²) in [5.41, 5.74) is 0. The molecular formula is C8H12N2O2S. The van der Waals surface area contributed by atoms with Crippen LogP contribution in [0.4, 0.5) is 0 Å². The fraction of sp³-hybridized carbons (Fsp3) is 0.750. The number of ether oxygens (including phenoxy) is 1. The lowest BCUT2D eigenvalue weighted by atomic mass is 10.2. The van der Waals surface area contributed by atoms with Gasteiger partial charge >= 0.3 is 0 Å². The van der Waals surface area contributed by atoms with Gasteiger partial charge in [0.05, 0.1) is 19.2 Å². The lowest BCUT2D eigenvalue weighted by Gasteiger charge is -2.18. The zero-order valence-corrected chi connectivity index (χ0v) is 8.10. The topological polar surface area (TPSA) is 41.6 Å². The molecule has 0 aromatic carbocycles. The van der Waals surface area contributed by atoms with Gasteiger partial charge in [0.15, 0.2) is 5.11 Å². The quantitative estimate of drug-likeness (QED) is 0.631. The number of thiocarbonyl (C=S) groups is 1. The van der Waals surface area contributed by atoms with Gasteiger partial charge in [-0.2, -0.15) is 0 Å². The SMILES string of the molecule is O=C1CNC(=S)N1C[C@@H]1CCCO1. The van der Waals surface area contributed by atoms with Gasteiger partial charge in [-0.25, -0.2) is 0 Å². The molecule has 0 saturated carbocycles. The minimum atomic E-state index is 0.0560. The zero-order valence-electron chi connectivity index (χ0n) is 7.28. The van der Waals surface area contributed by atoms with Crippen LogP contribution in [0.2, 0.25) is 0 Å². The van der Waals surface area contributed by atoms with Crippen molar-refractivity contribution in [3.05, 3.63) is 0 Å². The molecule has 1 atom stereocenters. The lowest BCUT2D eigenvalue weighted by Crippen LogP contribution is -2.37. The second-order valence-corrected chi connectivity index (χ2v) is 3.68. The Morgan fingerprint density at radius 2 is 2.54 bits per heavy atom. The van der Waals surface area contributed by atoms with Crippen molar-refractivity contribution >= 4 is 23.2 Å². The second kappa shape index (κ2) is 3.59. The average molecular weight is 200 g/mol. The molecule has 0 aromatic rings. The smallest absolute Gasteiger partial charge is 0.248 e. The van der Waals surface area contributed by atoms with E-state index in [0.717, 1.165) is 19.4 Å². The molecule has 0 aromatic heterocycles. The van der Waals surface area contributed by atoms with Crippen LogP contribution in [0.5, 0.6) is 0 Å². The van der Waals surface area contributed by atoms with E-state index in [2.05, 4.69) is 5.32 Å². The van der Waals surface area contributed by atoms with Crippen LogP contribution in [0.15, 0.2) is 0 Å². The molecule has 5 heteroatoms. The van der Waals surface area contributed by atoms with E-state index in [4.69, 9.17) is 17.0 Å². The molecule has 13 heavy (non-hydrogen) atoms. The van der Waals surface area contributed by atoms with E-state index < -0.39 is 0 Å². The van der Waals surface area contributed by atoms with E-state index in [-0.39, 0.29) is 12.0 Å². The van der Waals surface area contributed by atoms with E-state index >= 15 is 0 Å². The van der Waals surface area contributed by atoms with Crippen LogP contribution in [0.3, 0.4) is 0 Å². The molecule has 2 fully saturated rings. The molecule has 1 N–H and O–H groups in total. The highest BCUT2D eigenvalue weighted by molar-refractivity contribution is 7.80. The molecule has 0 aliphatic carbocycles. The molecular weight excluding hydrogens is 188 g/mol. The van der Waals surface area contributed by atoms with E-state index in [1.54, 1.807) is 4.90 Å². The molecule has 0 bridgehead atoms. The summed E-state index contributed by atoms with van der Waals surface area (Å²) in [7, 11) is 0. The molecule has 1 amide bonds. The third-order valence-corrected chi connectivity index (χ3v) is 2.71. The second-order valence-electron chi connectivity index (χ2n) is 3.30. The standard InChI is InChI=1S/C8H12N2O2S/c11-7-4-9-8(13)10(7)5-6-2-1-3-12-6/h6H,1-5H2,(H,9,13)/t6-/m0/s1. The van der Waals surface area contributed by atoms with E-state index in [9.17, 15) is 4.79 Å². The number of nitrogens with one attached hydrogen (secondary N) is 1. The van der Waals surface area contributed by atoms with E-state index in [1.807, 2.05) is 0 Å². The number of hydrogen-bond acceptors (Lipinski definition) is 3. The van der Waals surface area contributed by atoms with Crippen LogP contribution in [0.1, 0.15) is 12.8 Å². The molecule has 2 rings (SSSR count). The predicted molar refractivity (Wildman–Crippen MR) is 51.3 cm³/mol. The Labute approximate surface area is 82.2 Å². The van der Waals surface area contributed by atoms with Crippen LogP contribution in [0.25, 0.3) is 0 Å². The fourth-order valence-electron chi connectivity index (χ4n) is 1.63. The van der Waals surface area contributed by atoms with Crippen molar-refractivity contribution < 1.29 is 9.53 Å². The number of carbonyl (C=O) groups excluding carboxylic acids is 1. The third kappa shape index (κ3) is 1.81. The van der Waals surface area contributed by atoms with Gasteiger partial charge in [0.25, 0.3) is 0 Å². The molecule has 72 valence electrons. The largest absolute Gasteiger partial charge is 0.376 e. The summed E-state index contributed by atoms with van der Waals surface area (Å²) < 4.78 is 5.43. The molecule has 2 aliphatic heterocycles. The molecule has 4 nitrogen and oxygen atoms in total. The lowest BCUT2D eigenvalue weighted by molar-refractivity contribution is -0.125. The maximum atomic E-state index is 11.3. The monoisotopic (exact) mass is 200 g/mol. The van der Waals surface area contributed by atoms with Crippen LogP contribution in [0, 0.1) is 0 Å². The Morgan fingerprint density at radius 1 is 1.69 bits per heavy atom. The van der Waals surface area contributed by atoms with Crippen LogP contribution in [-0.4, -0.2) is 41.7 Å². The summed E-state index contributed by atoms with van der Waals surface area (Å²) in [6, 6.07) is 0. The van der Waals surface area contributed by atoms with Crippen LogP contribution < -0.4 is 5.32 Å². The van der Waals surface area contributed by atoms with Crippen LogP contribution in [-0.2, 0) is 9.53 Å². The summed E-state index contributed by atoms with van der Waals surface area (Å²) >= 11 is 4.99. The number of carbonyl (C=O) groups is 1. The predicted octanol–water partition coefficient (Wildman–Crippen LogP) is -0.118. The van der Waals surface area contributed by atoms with Gasteiger partial charge in [-0.05, 0) is 25.1 Å². The minimum Gasteiger partial charge on any atom is -0.376 e. The number of rotatable bonds is 2. The maximum Gasteiger partial charge on any atom is 0.248 e. The van der Waals surface area contributed by atoms with Gasteiger partial charge in [0, 0.05) is 6.61 Å². The summed E-state index contributed by atoms with van der Waals surface area (Å²) in [6.45, 7) is 1.77. The Balaban J connectivity index is 1.92. The molecule has 2 heterocycles. The van der Waals surface area contributed by atoms with Gasteiger partial charge in [-0.1, -0.05) is 0 Å². The normalized spacial score (nSPS) is 28.3. The number of amides is 1. The van der Waals surface area contributed by atoms with Gasteiger partial charge in [0.1, 0.15) is 0 Å². The van der Waals surface area contributed by atoms with Gasteiger partial charge in [-0.15, -0.1) is 0 Å². The Hall–Kier alpha value is -0.680. The molecule has 0 radical (unpaired) electrons. The highest BCUT2D eigenvalue weighted by Gasteiger charge is 2.29. The summed E-state index contributed by atoms with van der Waals surface area (Å²) in [5, 5.41) is 3.39. The Morgan fingerprint density at radius 3 is 3.08 bits per heavy atom. The van der Waals surface area contributed by atoms with Crippen molar-refractivity contribution in [3.63, 3.8) is 0 Å². The van der Waals surface area contributed by atoms with E-state index in [1.165, 1.54) is 0 Å². The van der Waals surface area contributed by atoms with Crippen molar-refractivity contribution in [1.29, 1.82) is 0 Å². The Bertz CT molecular complexity index is 222. The molecule has 0 spiro atoms. The summed E-state index contributed by atoms with van der Waals surface area (Å²) in [4.78, 5) is 12.9. The van der Waals surface area contributed by atoms with Crippen molar-refractivity contribution in [2.75, 3.05) is 19.7 Å². The maximum absolute atomic E-state index is 11.3. The number of nitrogens with zero attached hydrogens (tertiary/aromatic N) is 1. The highest BCUT2D eigenvalue weighted by Crippen LogP contribution is 2.14. The minimum absolute atomic E-state index is 0.0560. The van der Waals surface area contributed by atoms with Crippen LogP contribution >= 0.6 is 12.2 Å². The molecule has 2 aliphatic rings. The van der Waals surface area contributed by atoms with Gasteiger partial charge < -0.3 is 10.1 Å². The third-order valence-electron chi connectivity index (χ3n) is 2.35. The molecule has 0 unspecified atom stereocenters. The summed E-state index contributed by atoms with van der Waals surface area (Å²) in [5.74, 6) is 0.0560. The van der Waals surface area contributed by atoms with E-state index in [0.29, 0.717) is 18.2 Å². The van der Waals surface area contributed by atoms with Crippen molar-refractivity contribution in [2.45, 2.75) is 18.9 Å². The van der Waals surface area contributed by atoms with Gasteiger partial charge in [0.2, 0.25) is 5.91 Å². The highest BCUT2D eigenvalue weighted by atomic mass is 32.1. The van der Waals surface area contributed by atoms with Gasteiger partial charge in [-0.3, -0.25) is 9.69 Å². The first-order valence-corrected chi connectivity index (χ1v) is 4.88. The first-order chi connectivity index (χ1) is 6.27. The van der Waals surface area contributed by atoms with Crippen molar-refractivity contribution in [2.24, 2.45) is 0 Å². The molecule has 2 saturated heterocycles. The average Bonchev–Trinajstić information content (AvgIpc) is 2.70. The van der Waals surface area contributed by atoms with Crippen molar-refractivity contribution in [3.8, 4) is 0 Å². The first kappa shape index (κ1) is 8.90. The zero-order chi connectivity index (χ0) is 9.26.